The molecular weight excluding hydrogens is 212 g/mol. The summed E-state index contributed by atoms with van der Waals surface area (Å²) in [5, 5.41) is 4.50. The van der Waals surface area contributed by atoms with Gasteiger partial charge in [0.25, 0.3) is 0 Å². The van der Waals surface area contributed by atoms with Gasteiger partial charge in [-0.3, -0.25) is 9.67 Å². The fourth-order valence-electron chi connectivity index (χ4n) is 2.10. The molecule has 2 rings (SSSR count). The molecule has 2 aromatic rings. The molecule has 0 aromatic carbocycles. The van der Waals surface area contributed by atoms with E-state index in [4.69, 9.17) is 5.73 Å². The third-order valence-electron chi connectivity index (χ3n) is 2.80. The highest BCUT2D eigenvalue weighted by Gasteiger charge is 2.21. The molecule has 90 valence electrons. The molecule has 0 bridgehead atoms. The van der Waals surface area contributed by atoms with Crippen LogP contribution in [0.1, 0.15) is 30.0 Å². The lowest BCUT2D eigenvalue weighted by Crippen LogP contribution is -2.32. The Bertz CT molecular complexity index is 487. The van der Waals surface area contributed by atoms with Crippen LogP contribution in [0.15, 0.2) is 30.5 Å². The summed E-state index contributed by atoms with van der Waals surface area (Å²) in [4.78, 5) is 4.39. The van der Waals surface area contributed by atoms with E-state index >= 15 is 0 Å². The number of pyridine rings is 1. The summed E-state index contributed by atoms with van der Waals surface area (Å²) in [7, 11) is 0. The monoisotopic (exact) mass is 230 g/mol. The first-order valence-electron chi connectivity index (χ1n) is 5.79. The molecule has 2 N–H and O–H groups in total. The average molecular weight is 230 g/mol. The number of rotatable bonds is 3. The van der Waals surface area contributed by atoms with Crippen molar-refractivity contribution in [3.05, 3.63) is 47.5 Å². The lowest BCUT2D eigenvalue weighted by molar-refractivity contribution is 0.434. The molecule has 0 aliphatic carbocycles. The minimum absolute atomic E-state index is 0.00935. The first kappa shape index (κ1) is 11.8. The van der Waals surface area contributed by atoms with Gasteiger partial charge in [0.1, 0.15) is 6.04 Å². The maximum Gasteiger partial charge on any atom is 0.109 e. The van der Waals surface area contributed by atoms with Crippen molar-refractivity contribution in [2.75, 3.05) is 0 Å². The van der Waals surface area contributed by atoms with Gasteiger partial charge in [0.15, 0.2) is 0 Å². The van der Waals surface area contributed by atoms with Gasteiger partial charge in [0.2, 0.25) is 0 Å². The zero-order valence-electron chi connectivity index (χ0n) is 10.5. The molecule has 0 saturated carbocycles. The normalized spacial score (nSPS) is 14.6. The standard InChI is InChI=1S/C13H18N4/c1-9-8-10(2)17(16-9)13(11(3)14)12-6-4-5-7-15-12/h4-8,11,13H,14H2,1-3H3. The van der Waals surface area contributed by atoms with E-state index in [9.17, 15) is 0 Å². The Balaban J connectivity index is 2.47. The molecule has 0 radical (unpaired) electrons. The lowest BCUT2D eigenvalue weighted by Gasteiger charge is -2.22. The molecule has 0 saturated heterocycles. The first-order valence-corrected chi connectivity index (χ1v) is 5.79. The van der Waals surface area contributed by atoms with Gasteiger partial charge < -0.3 is 5.73 Å². The summed E-state index contributed by atoms with van der Waals surface area (Å²) >= 11 is 0. The molecule has 2 unspecified atom stereocenters. The number of aromatic nitrogens is 3. The molecule has 4 nitrogen and oxygen atoms in total. The van der Waals surface area contributed by atoms with Crippen LogP contribution in [0.25, 0.3) is 0 Å². The van der Waals surface area contributed by atoms with Gasteiger partial charge in [-0.1, -0.05) is 6.07 Å². The van der Waals surface area contributed by atoms with Crippen LogP contribution in [-0.2, 0) is 0 Å². The summed E-state index contributed by atoms with van der Waals surface area (Å²) in [6.45, 7) is 6.01. The molecule has 2 aromatic heterocycles. The van der Waals surface area contributed by atoms with Gasteiger partial charge in [-0.05, 0) is 39.0 Å². The van der Waals surface area contributed by atoms with E-state index < -0.39 is 0 Å². The van der Waals surface area contributed by atoms with Gasteiger partial charge >= 0.3 is 0 Å². The lowest BCUT2D eigenvalue weighted by atomic mass is 10.1. The van der Waals surface area contributed by atoms with Gasteiger partial charge in [-0.25, -0.2) is 0 Å². The third-order valence-corrected chi connectivity index (χ3v) is 2.80. The quantitative estimate of drug-likeness (QED) is 0.875. The van der Waals surface area contributed by atoms with Gasteiger partial charge in [0, 0.05) is 17.9 Å². The molecule has 0 spiro atoms. The van der Waals surface area contributed by atoms with Crippen LogP contribution in [-0.4, -0.2) is 20.8 Å². The first-order chi connectivity index (χ1) is 8.09. The molecular formula is C13H18N4. The van der Waals surface area contributed by atoms with Crippen LogP contribution in [0.4, 0.5) is 0 Å². The predicted octanol–water partition coefficient (Wildman–Crippen LogP) is 1.83. The number of nitrogens with two attached hydrogens (primary N) is 1. The van der Waals surface area contributed by atoms with Crippen molar-refractivity contribution in [2.45, 2.75) is 32.9 Å². The molecule has 0 amide bonds. The van der Waals surface area contributed by atoms with Crippen molar-refractivity contribution in [3.8, 4) is 0 Å². The highest BCUT2D eigenvalue weighted by Crippen LogP contribution is 2.20. The van der Waals surface area contributed by atoms with E-state index in [1.807, 2.05) is 43.7 Å². The highest BCUT2D eigenvalue weighted by atomic mass is 15.3. The fourth-order valence-corrected chi connectivity index (χ4v) is 2.10. The Labute approximate surface area is 101 Å². The van der Waals surface area contributed by atoms with Crippen molar-refractivity contribution < 1.29 is 0 Å². The van der Waals surface area contributed by atoms with Crippen molar-refractivity contribution in [1.82, 2.24) is 14.8 Å². The number of hydrogen-bond acceptors (Lipinski definition) is 3. The van der Waals surface area contributed by atoms with Crippen LogP contribution in [0.3, 0.4) is 0 Å². The SMILES string of the molecule is Cc1cc(C)n(C(c2ccccn2)C(C)N)n1. The summed E-state index contributed by atoms with van der Waals surface area (Å²) in [5.74, 6) is 0. The molecule has 0 fully saturated rings. The van der Waals surface area contributed by atoms with Crippen LogP contribution in [0.5, 0.6) is 0 Å². The van der Waals surface area contributed by atoms with E-state index in [1.165, 1.54) is 0 Å². The van der Waals surface area contributed by atoms with Gasteiger partial charge in [-0.2, -0.15) is 5.10 Å². The van der Waals surface area contributed by atoms with E-state index in [0.29, 0.717) is 0 Å². The van der Waals surface area contributed by atoms with Crippen LogP contribution >= 0.6 is 0 Å². The maximum atomic E-state index is 6.08. The Hall–Kier alpha value is -1.68. The number of aryl methyl sites for hydroxylation is 2. The second-order valence-electron chi connectivity index (χ2n) is 4.43. The van der Waals surface area contributed by atoms with E-state index in [1.54, 1.807) is 6.20 Å². The summed E-state index contributed by atoms with van der Waals surface area (Å²) in [6.07, 6.45) is 1.79. The Morgan fingerprint density at radius 1 is 1.29 bits per heavy atom. The van der Waals surface area contributed by atoms with E-state index in [2.05, 4.69) is 16.1 Å². The topological polar surface area (TPSA) is 56.7 Å². The minimum Gasteiger partial charge on any atom is -0.326 e. The highest BCUT2D eigenvalue weighted by molar-refractivity contribution is 5.16. The minimum atomic E-state index is -0.0390. The average Bonchev–Trinajstić information content (AvgIpc) is 2.59. The summed E-state index contributed by atoms with van der Waals surface area (Å²) < 4.78 is 1.96. The molecule has 17 heavy (non-hydrogen) atoms. The molecule has 4 heteroatoms. The van der Waals surface area contributed by atoms with Gasteiger partial charge in [0.05, 0.1) is 11.4 Å². The number of nitrogens with zero attached hydrogens (tertiary/aromatic N) is 3. The van der Waals surface area contributed by atoms with E-state index in [0.717, 1.165) is 17.1 Å². The van der Waals surface area contributed by atoms with Crippen LogP contribution in [0.2, 0.25) is 0 Å². The zero-order chi connectivity index (χ0) is 12.4. The fraction of sp³-hybridized carbons (Fsp3) is 0.385. The Morgan fingerprint density at radius 2 is 2.06 bits per heavy atom. The Kier molecular flexibility index (Phi) is 3.24. The van der Waals surface area contributed by atoms with Crippen LogP contribution < -0.4 is 5.73 Å². The number of hydrogen-bond donors (Lipinski definition) is 1. The molecule has 0 aliphatic heterocycles. The zero-order valence-corrected chi connectivity index (χ0v) is 10.5. The summed E-state index contributed by atoms with van der Waals surface area (Å²) in [5.41, 5.74) is 9.14. The van der Waals surface area contributed by atoms with E-state index in [-0.39, 0.29) is 12.1 Å². The van der Waals surface area contributed by atoms with Crippen molar-refractivity contribution in [2.24, 2.45) is 5.73 Å². The smallest absolute Gasteiger partial charge is 0.109 e. The summed E-state index contributed by atoms with van der Waals surface area (Å²) in [6, 6.07) is 7.88. The molecule has 0 aliphatic rings. The molecule has 2 heterocycles. The maximum absolute atomic E-state index is 6.08. The van der Waals surface area contributed by atoms with Crippen molar-refractivity contribution in [1.29, 1.82) is 0 Å². The predicted molar refractivity (Wildman–Crippen MR) is 67.7 cm³/mol. The Morgan fingerprint density at radius 3 is 2.53 bits per heavy atom. The van der Waals surface area contributed by atoms with Gasteiger partial charge in [-0.15, -0.1) is 0 Å². The van der Waals surface area contributed by atoms with Crippen molar-refractivity contribution >= 4 is 0 Å². The largest absolute Gasteiger partial charge is 0.326 e. The molecule has 2 atom stereocenters. The van der Waals surface area contributed by atoms with Crippen LogP contribution in [0, 0.1) is 13.8 Å². The second-order valence-corrected chi connectivity index (χ2v) is 4.43. The third kappa shape index (κ3) is 2.36. The second kappa shape index (κ2) is 4.67. The van der Waals surface area contributed by atoms with Crippen molar-refractivity contribution in [3.63, 3.8) is 0 Å².